The average Bonchev–Trinajstić information content (AvgIpc) is 2.35. The van der Waals surface area contributed by atoms with Crippen LogP contribution in [0.2, 0.25) is 0 Å². The molecule has 0 aliphatic rings. The van der Waals surface area contributed by atoms with Gasteiger partial charge in [-0.3, -0.25) is 9.88 Å². The van der Waals surface area contributed by atoms with Gasteiger partial charge < -0.3 is 5.32 Å². The minimum Gasteiger partial charge on any atom is -0.316 e. The molecule has 0 fully saturated rings. The van der Waals surface area contributed by atoms with Gasteiger partial charge in [0.15, 0.2) is 0 Å². The van der Waals surface area contributed by atoms with Crippen LogP contribution in [0.15, 0.2) is 24.4 Å². The van der Waals surface area contributed by atoms with Gasteiger partial charge >= 0.3 is 0 Å². The molecule has 16 heavy (non-hydrogen) atoms. The Labute approximate surface area is 98.9 Å². The monoisotopic (exact) mass is 221 g/mol. The van der Waals surface area contributed by atoms with E-state index in [4.69, 9.17) is 0 Å². The van der Waals surface area contributed by atoms with Crippen LogP contribution in [0.5, 0.6) is 0 Å². The zero-order chi connectivity index (χ0) is 11.8. The molecule has 3 heteroatoms. The fourth-order valence-electron chi connectivity index (χ4n) is 1.84. The second-order valence-corrected chi connectivity index (χ2v) is 3.91. The van der Waals surface area contributed by atoms with E-state index in [1.54, 1.807) is 0 Å². The lowest BCUT2D eigenvalue weighted by atomic mass is 10.2. The highest BCUT2D eigenvalue weighted by Crippen LogP contribution is 2.16. The van der Waals surface area contributed by atoms with E-state index in [0.717, 1.165) is 31.9 Å². The van der Waals surface area contributed by atoms with Crippen LogP contribution in [0.1, 0.15) is 32.5 Å². The highest BCUT2D eigenvalue weighted by molar-refractivity contribution is 5.07. The van der Waals surface area contributed by atoms with E-state index in [-0.39, 0.29) is 0 Å². The molecule has 1 atom stereocenters. The fourth-order valence-corrected chi connectivity index (χ4v) is 1.84. The van der Waals surface area contributed by atoms with Crippen molar-refractivity contribution in [3.63, 3.8) is 0 Å². The van der Waals surface area contributed by atoms with Gasteiger partial charge in [0.25, 0.3) is 0 Å². The Bertz CT molecular complexity index is 274. The van der Waals surface area contributed by atoms with Crippen LogP contribution in [-0.4, -0.2) is 36.1 Å². The number of nitrogens with zero attached hydrogens (tertiary/aromatic N) is 2. The van der Waals surface area contributed by atoms with Crippen molar-refractivity contribution in [3.8, 4) is 0 Å². The second-order valence-electron chi connectivity index (χ2n) is 3.91. The molecule has 1 rings (SSSR count). The van der Waals surface area contributed by atoms with E-state index in [0.29, 0.717) is 6.04 Å². The maximum atomic E-state index is 4.41. The van der Waals surface area contributed by atoms with Crippen LogP contribution in [0.25, 0.3) is 0 Å². The van der Waals surface area contributed by atoms with Crippen molar-refractivity contribution in [1.29, 1.82) is 0 Å². The van der Waals surface area contributed by atoms with Crippen LogP contribution in [0, 0.1) is 0 Å². The smallest absolute Gasteiger partial charge is 0.0572 e. The molecule has 0 radical (unpaired) electrons. The van der Waals surface area contributed by atoms with Crippen LogP contribution in [0.4, 0.5) is 0 Å². The standard InChI is InChI=1S/C13H23N3/c1-4-14-10-11-16(5-2)12(3)13-8-6-7-9-15-13/h6-9,12,14H,4-5,10-11H2,1-3H3. The third kappa shape index (κ3) is 3.91. The molecule has 0 saturated carbocycles. The van der Waals surface area contributed by atoms with Gasteiger partial charge in [0.05, 0.1) is 5.69 Å². The number of rotatable bonds is 7. The molecular weight excluding hydrogens is 198 g/mol. The molecule has 0 bridgehead atoms. The van der Waals surface area contributed by atoms with Crippen molar-refractivity contribution in [2.75, 3.05) is 26.2 Å². The van der Waals surface area contributed by atoms with Gasteiger partial charge in [0, 0.05) is 25.3 Å². The number of aromatic nitrogens is 1. The second kappa shape index (κ2) is 7.36. The molecule has 0 aromatic carbocycles. The molecule has 0 aliphatic carbocycles. The summed E-state index contributed by atoms with van der Waals surface area (Å²) in [5.41, 5.74) is 1.15. The average molecular weight is 221 g/mol. The van der Waals surface area contributed by atoms with Crippen LogP contribution >= 0.6 is 0 Å². The van der Waals surface area contributed by atoms with Crippen molar-refractivity contribution in [2.45, 2.75) is 26.8 Å². The van der Waals surface area contributed by atoms with E-state index in [2.05, 4.69) is 48.1 Å². The van der Waals surface area contributed by atoms with E-state index in [9.17, 15) is 0 Å². The molecule has 1 heterocycles. The van der Waals surface area contributed by atoms with Crippen molar-refractivity contribution >= 4 is 0 Å². The first-order chi connectivity index (χ1) is 7.79. The minimum absolute atomic E-state index is 0.393. The largest absolute Gasteiger partial charge is 0.316 e. The summed E-state index contributed by atoms with van der Waals surface area (Å²) in [5, 5.41) is 3.36. The highest BCUT2D eigenvalue weighted by Gasteiger charge is 2.13. The van der Waals surface area contributed by atoms with E-state index in [1.807, 2.05) is 12.3 Å². The summed E-state index contributed by atoms with van der Waals surface area (Å²) in [6.45, 7) is 10.8. The van der Waals surface area contributed by atoms with E-state index < -0.39 is 0 Å². The Hall–Kier alpha value is -0.930. The molecule has 0 amide bonds. The number of hydrogen-bond donors (Lipinski definition) is 1. The predicted octanol–water partition coefficient (Wildman–Crippen LogP) is 2.07. The molecule has 0 spiro atoms. The summed E-state index contributed by atoms with van der Waals surface area (Å²) >= 11 is 0. The summed E-state index contributed by atoms with van der Waals surface area (Å²) in [6, 6.07) is 6.51. The summed E-state index contributed by atoms with van der Waals surface area (Å²) in [4.78, 5) is 6.85. The number of pyridine rings is 1. The summed E-state index contributed by atoms with van der Waals surface area (Å²) in [6.07, 6.45) is 1.87. The summed E-state index contributed by atoms with van der Waals surface area (Å²) in [5.74, 6) is 0. The normalized spacial score (nSPS) is 13.0. The highest BCUT2D eigenvalue weighted by atomic mass is 15.2. The molecule has 1 aromatic heterocycles. The first-order valence-electron chi connectivity index (χ1n) is 6.15. The minimum atomic E-state index is 0.393. The Morgan fingerprint density at radius 3 is 2.75 bits per heavy atom. The third-order valence-electron chi connectivity index (χ3n) is 2.90. The Morgan fingerprint density at radius 2 is 2.19 bits per heavy atom. The van der Waals surface area contributed by atoms with Gasteiger partial charge in [-0.1, -0.05) is 19.9 Å². The lowest BCUT2D eigenvalue weighted by molar-refractivity contribution is 0.219. The van der Waals surface area contributed by atoms with Gasteiger partial charge in [-0.2, -0.15) is 0 Å². The summed E-state index contributed by atoms with van der Waals surface area (Å²) < 4.78 is 0. The molecule has 0 aliphatic heterocycles. The number of nitrogens with one attached hydrogen (secondary N) is 1. The Balaban J connectivity index is 2.52. The SMILES string of the molecule is CCNCCN(CC)C(C)c1ccccn1. The van der Waals surface area contributed by atoms with Crippen LogP contribution in [0.3, 0.4) is 0 Å². The van der Waals surface area contributed by atoms with Crippen molar-refractivity contribution in [3.05, 3.63) is 30.1 Å². The van der Waals surface area contributed by atoms with E-state index in [1.165, 1.54) is 0 Å². The zero-order valence-corrected chi connectivity index (χ0v) is 10.6. The molecule has 1 unspecified atom stereocenters. The van der Waals surface area contributed by atoms with Crippen molar-refractivity contribution in [1.82, 2.24) is 15.2 Å². The number of hydrogen-bond acceptors (Lipinski definition) is 3. The number of likely N-dealkylation sites (N-methyl/N-ethyl adjacent to an activating group) is 2. The van der Waals surface area contributed by atoms with Gasteiger partial charge in [-0.15, -0.1) is 0 Å². The van der Waals surface area contributed by atoms with Gasteiger partial charge in [-0.05, 0) is 32.1 Å². The molecule has 1 aromatic rings. The lowest BCUT2D eigenvalue weighted by Gasteiger charge is -2.27. The first kappa shape index (κ1) is 13.1. The van der Waals surface area contributed by atoms with Gasteiger partial charge in [0.1, 0.15) is 0 Å². The Morgan fingerprint density at radius 1 is 1.38 bits per heavy atom. The van der Waals surface area contributed by atoms with E-state index >= 15 is 0 Å². The fraction of sp³-hybridized carbons (Fsp3) is 0.615. The quantitative estimate of drug-likeness (QED) is 0.714. The van der Waals surface area contributed by atoms with Crippen LogP contribution in [-0.2, 0) is 0 Å². The Kier molecular flexibility index (Phi) is 6.04. The maximum Gasteiger partial charge on any atom is 0.0572 e. The van der Waals surface area contributed by atoms with Gasteiger partial charge in [-0.25, -0.2) is 0 Å². The van der Waals surface area contributed by atoms with Gasteiger partial charge in [0.2, 0.25) is 0 Å². The third-order valence-corrected chi connectivity index (χ3v) is 2.90. The zero-order valence-electron chi connectivity index (χ0n) is 10.6. The topological polar surface area (TPSA) is 28.2 Å². The first-order valence-corrected chi connectivity index (χ1v) is 6.15. The maximum absolute atomic E-state index is 4.41. The lowest BCUT2D eigenvalue weighted by Crippen LogP contribution is -2.34. The molecule has 90 valence electrons. The molecular formula is C13H23N3. The summed E-state index contributed by atoms with van der Waals surface area (Å²) in [7, 11) is 0. The molecule has 0 saturated heterocycles. The molecule has 3 nitrogen and oxygen atoms in total. The van der Waals surface area contributed by atoms with Crippen molar-refractivity contribution < 1.29 is 0 Å². The van der Waals surface area contributed by atoms with Crippen molar-refractivity contribution in [2.24, 2.45) is 0 Å². The van der Waals surface area contributed by atoms with Crippen LogP contribution < -0.4 is 5.32 Å². The molecule has 1 N–H and O–H groups in total. The predicted molar refractivity (Wildman–Crippen MR) is 68.4 cm³/mol.